The zero-order valence-electron chi connectivity index (χ0n) is 13.2. The summed E-state index contributed by atoms with van der Waals surface area (Å²) in [5.74, 6) is 0.794. The number of benzene rings is 1. The largest absolute Gasteiger partial charge is 0.356 e. The zero-order valence-corrected chi connectivity index (χ0v) is 13.2. The number of hydrogen-bond donors (Lipinski definition) is 1. The van der Waals surface area contributed by atoms with Gasteiger partial charge in [-0.05, 0) is 57.2 Å². The minimum Gasteiger partial charge on any atom is -0.356 e. The van der Waals surface area contributed by atoms with E-state index in [0.717, 1.165) is 18.9 Å². The van der Waals surface area contributed by atoms with Gasteiger partial charge < -0.3 is 10.1 Å². The molecule has 21 heavy (non-hydrogen) atoms. The Balaban J connectivity index is 1.60. The van der Waals surface area contributed by atoms with E-state index in [2.05, 4.69) is 47.5 Å². The second kappa shape index (κ2) is 6.91. The maximum Gasteiger partial charge on any atom is 0.119 e. The second-order valence-corrected chi connectivity index (χ2v) is 6.71. The third-order valence-electron chi connectivity index (χ3n) is 5.02. The van der Waals surface area contributed by atoms with E-state index in [4.69, 9.17) is 4.74 Å². The van der Waals surface area contributed by atoms with Crippen LogP contribution in [-0.2, 0) is 11.3 Å². The summed E-state index contributed by atoms with van der Waals surface area (Å²) in [4.78, 5) is 2.59. The molecule has 1 aromatic carbocycles. The molecule has 3 nitrogen and oxygen atoms in total. The van der Waals surface area contributed by atoms with Crippen LogP contribution < -0.4 is 5.32 Å². The maximum absolute atomic E-state index is 6.38. The van der Waals surface area contributed by atoms with Crippen LogP contribution in [0.1, 0.15) is 38.2 Å². The van der Waals surface area contributed by atoms with Crippen molar-refractivity contribution < 1.29 is 4.74 Å². The van der Waals surface area contributed by atoms with Crippen LogP contribution in [0.25, 0.3) is 0 Å². The molecule has 0 spiro atoms. The molecule has 2 unspecified atom stereocenters. The Morgan fingerprint density at radius 1 is 1.29 bits per heavy atom. The van der Waals surface area contributed by atoms with E-state index < -0.39 is 0 Å². The molecule has 2 heterocycles. The molecule has 1 N–H and O–H groups in total. The fourth-order valence-corrected chi connectivity index (χ4v) is 3.59. The van der Waals surface area contributed by atoms with Crippen molar-refractivity contribution in [2.75, 3.05) is 26.2 Å². The molecule has 2 atom stereocenters. The number of rotatable bonds is 5. The van der Waals surface area contributed by atoms with Crippen LogP contribution in [0, 0.1) is 5.92 Å². The van der Waals surface area contributed by atoms with Crippen molar-refractivity contribution in [3.8, 4) is 0 Å². The smallest absolute Gasteiger partial charge is 0.119 e. The molecular formula is C18H28N2O. The Hall–Kier alpha value is -0.900. The highest BCUT2D eigenvalue weighted by Gasteiger charge is 2.36. The highest BCUT2D eigenvalue weighted by Crippen LogP contribution is 2.31. The van der Waals surface area contributed by atoms with Gasteiger partial charge in [0.05, 0.1) is 6.61 Å². The predicted octanol–water partition coefficient (Wildman–Crippen LogP) is 3.01. The van der Waals surface area contributed by atoms with E-state index in [-0.39, 0.29) is 5.72 Å². The summed E-state index contributed by atoms with van der Waals surface area (Å²) in [5, 5.41) is 3.48. The summed E-state index contributed by atoms with van der Waals surface area (Å²) in [6, 6.07) is 10.5. The molecular weight excluding hydrogens is 260 g/mol. The number of ether oxygens (including phenoxy) is 1. The Morgan fingerprint density at radius 2 is 2.14 bits per heavy atom. The van der Waals surface area contributed by atoms with E-state index in [9.17, 15) is 0 Å². The topological polar surface area (TPSA) is 24.5 Å². The van der Waals surface area contributed by atoms with Crippen molar-refractivity contribution in [2.45, 2.75) is 44.9 Å². The molecule has 0 amide bonds. The zero-order chi connectivity index (χ0) is 14.5. The highest BCUT2D eigenvalue weighted by molar-refractivity contribution is 5.13. The van der Waals surface area contributed by atoms with Gasteiger partial charge in [-0.25, -0.2) is 0 Å². The van der Waals surface area contributed by atoms with E-state index in [1.165, 1.54) is 51.0 Å². The molecule has 116 valence electrons. The summed E-state index contributed by atoms with van der Waals surface area (Å²) in [6.45, 7) is 7.72. The van der Waals surface area contributed by atoms with Gasteiger partial charge in [-0.15, -0.1) is 0 Å². The van der Waals surface area contributed by atoms with E-state index in [0.29, 0.717) is 0 Å². The van der Waals surface area contributed by atoms with E-state index >= 15 is 0 Å². The van der Waals surface area contributed by atoms with Gasteiger partial charge in [0, 0.05) is 13.1 Å². The summed E-state index contributed by atoms with van der Waals surface area (Å²) >= 11 is 0. The molecule has 2 fully saturated rings. The lowest BCUT2D eigenvalue weighted by atomic mass is 9.97. The van der Waals surface area contributed by atoms with Crippen molar-refractivity contribution in [3.05, 3.63) is 35.9 Å². The van der Waals surface area contributed by atoms with Crippen LogP contribution in [0.15, 0.2) is 30.3 Å². The van der Waals surface area contributed by atoms with Crippen molar-refractivity contribution in [1.29, 1.82) is 0 Å². The molecule has 0 saturated carbocycles. The third-order valence-corrected chi connectivity index (χ3v) is 5.02. The average molecular weight is 288 g/mol. The van der Waals surface area contributed by atoms with Crippen LogP contribution in [0.2, 0.25) is 0 Å². The van der Waals surface area contributed by atoms with Crippen LogP contribution >= 0.6 is 0 Å². The minimum atomic E-state index is -0.0866. The number of hydrogen-bond acceptors (Lipinski definition) is 3. The molecule has 3 heteroatoms. The van der Waals surface area contributed by atoms with Gasteiger partial charge in [0.25, 0.3) is 0 Å². The second-order valence-electron chi connectivity index (χ2n) is 6.71. The Bertz CT molecular complexity index is 430. The number of likely N-dealkylation sites (tertiary alicyclic amines) is 1. The molecule has 1 aromatic rings. The predicted molar refractivity (Wildman–Crippen MR) is 86.0 cm³/mol. The number of nitrogens with one attached hydrogen (secondary N) is 1. The van der Waals surface area contributed by atoms with Gasteiger partial charge in [0.1, 0.15) is 5.72 Å². The molecule has 2 aliphatic heterocycles. The van der Waals surface area contributed by atoms with Gasteiger partial charge in [-0.3, -0.25) is 4.90 Å². The average Bonchev–Trinajstić information content (AvgIpc) is 3.02. The van der Waals surface area contributed by atoms with Crippen LogP contribution in [0.4, 0.5) is 0 Å². The molecule has 0 radical (unpaired) electrons. The van der Waals surface area contributed by atoms with Crippen LogP contribution in [0.3, 0.4) is 0 Å². The molecule has 0 bridgehead atoms. The third kappa shape index (κ3) is 3.85. The molecule has 2 saturated heterocycles. The fraction of sp³-hybridized carbons (Fsp3) is 0.667. The van der Waals surface area contributed by atoms with Crippen molar-refractivity contribution in [1.82, 2.24) is 10.2 Å². The van der Waals surface area contributed by atoms with E-state index in [1.54, 1.807) is 0 Å². The van der Waals surface area contributed by atoms with Gasteiger partial charge in [-0.1, -0.05) is 30.3 Å². The maximum atomic E-state index is 6.38. The van der Waals surface area contributed by atoms with E-state index in [1.807, 2.05) is 0 Å². The van der Waals surface area contributed by atoms with Gasteiger partial charge in [0.2, 0.25) is 0 Å². The normalized spacial score (nSPS) is 30.6. The molecule has 3 rings (SSSR count). The first kappa shape index (κ1) is 15.0. The molecule has 2 aliphatic rings. The Kier molecular flexibility index (Phi) is 4.94. The first-order chi connectivity index (χ1) is 10.3. The van der Waals surface area contributed by atoms with Crippen LogP contribution in [-0.4, -0.2) is 36.8 Å². The van der Waals surface area contributed by atoms with Crippen LogP contribution in [0.5, 0.6) is 0 Å². The highest BCUT2D eigenvalue weighted by atomic mass is 16.5. The van der Waals surface area contributed by atoms with Gasteiger partial charge in [0.15, 0.2) is 0 Å². The van der Waals surface area contributed by atoms with Gasteiger partial charge in [-0.2, -0.15) is 0 Å². The van der Waals surface area contributed by atoms with Gasteiger partial charge >= 0.3 is 0 Å². The quantitative estimate of drug-likeness (QED) is 0.901. The first-order valence-electron chi connectivity index (χ1n) is 8.40. The Morgan fingerprint density at radius 3 is 2.90 bits per heavy atom. The first-order valence-corrected chi connectivity index (χ1v) is 8.40. The summed E-state index contributed by atoms with van der Waals surface area (Å²) in [5.41, 5.74) is 1.18. The summed E-state index contributed by atoms with van der Waals surface area (Å²) in [7, 11) is 0. The lowest BCUT2D eigenvalue weighted by Gasteiger charge is -2.45. The standard InChI is InChI=1S/C18H28N2O/c1-18(21-15-16-7-3-2-4-8-16)10-5-6-12-20(18)14-17-9-11-19-13-17/h2-4,7-8,17,19H,5-6,9-15H2,1H3. The summed E-state index contributed by atoms with van der Waals surface area (Å²) in [6.07, 6.45) is 5.06. The minimum absolute atomic E-state index is 0.0866. The van der Waals surface area contributed by atoms with Crippen molar-refractivity contribution >= 4 is 0 Å². The summed E-state index contributed by atoms with van der Waals surface area (Å²) < 4.78 is 6.38. The Labute approximate surface area is 128 Å². The lowest BCUT2D eigenvalue weighted by molar-refractivity contribution is -0.174. The molecule has 0 aliphatic carbocycles. The SMILES string of the molecule is CC1(OCc2ccccc2)CCCCN1CC1CCNC1. The lowest BCUT2D eigenvalue weighted by Crippen LogP contribution is -2.53. The monoisotopic (exact) mass is 288 g/mol. The number of piperidine rings is 1. The molecule has 0 aromatic heterocycles. The van der Waals surface area contributed by atoms with Crippen molar-refractivity contribution in [3.63, 3.8) is 0 Å². The fourth-order valence-electron chi connectivity index (χ4n) is 3.59. The number of nitrogens with zero attached hydrogens (tertiary/aromatic N) is 1. The van der Waals surface area contributed by atoms with Crippen molar-refractivity contribution in [2.24, 2.45) is 5.92 Å².